The number of unbranched alkanes of at least 4 members (excludes halogenated alkanes) is 14. The van der Waals surface area contributed by atoms with Crippen molar-refractivity contribution in [2.75, 3.05) is 19.7 Å². The molecule has 0 aromatic heterocycles. The summed E-state index contributed by atoms with van der Waals surface area (Å²) in [7, 11) is 0. The molecule has 1 aliphatic carbocycles. The molecule has 347 valence electrons. The zero-order chi connectivity index (χ0) is 45.0. The van der Waals surface area contributed by atoms with Crippen LogP contribution in [0.5, 0.6) is 0 Å². The Bertz CT molecular complexity index is 1280. The van der Waals surface area contributed by atoms with Gasteiger partial charge in [-0.3, -0.25) is 24.0 Å². The number of hydrogen-bond acceptors (Lipinski definition) is 10. The maximum atomic E-state index is 12.5. The fourth-order valence-electron chi connectivity index (χ4n) is 7.11. The Morgan fingerprint density at radius 1 is 0.738 bits per heavy atom. The van der Waals surface area contributed by atoms with Crippen molar-refractivity contribution in [1.82, 2.24) is 10.6 Å². The van der Waals surface area contributed by atoms with Crippen LogP contribution in [0.15, 0.2) is 0 Å². The summed E-state index contributed by atoms with van der Waals surface area (Å²) in [6.07, 6.45) is 25.1. The Morgan fingerprint density at radius 3 is 1.69 bits per heavy atom. The molecule has 10 N–H and O–H groups in total. The molecule has 61 heavy (non-hydrogen) atoms. The van der Waals surface area contributed by atoms with Gasteiger partial charge < -0.3 is 53.1 Å². The monoisotopic (exact) mass is 935 g/mol. The minimum absolute atomic E-state index is 0. The summed E-state index contributed by atoms with van der Waals surface area (Å²) in [5.74, 6) is -1.81. The number of ketones is 3. The van der Waals surface area contributed by atoms with Gasteiger partial charge in [-0.25, -0.2) is 12.9 Å². The number of aliphatic hydroxyl groups is 1. The standard InChI is InChI=1S/C38H66N5O5.C7H13N2O3.Y/c1-41-35-24-19-23-33(35)38(48)34(40)26-27-37(47)43-28-17-12-8-4-6-10-14-22-32(45)21-13-9-5-2-3-7-11-15-25-36(46)42-29-18-16-20-31(39)30-44;1-4(8)6(11)2-5(3-10)7(9)12;/h31,33-35H,2-29,39-40H2,(H,42,46)(H,43,47);4-5,8,10H,2-3H2,1H3,(H2,9,12);/q2*-1;/t31-,33?,34?,35+;4-,5+;/m01./s1. The van der Waals surface area contributed by atoms with E-state index in [1.807, 2.05) is 0 Å². The number of aliphatic hydroxyl groups excluding tert-OH is 1. The zero-order valence-corrected chi connectivity index (χ0v) is 40.1. The molecule has 1 saturated carbocycles. The number of carbonyl (C=O) groups excluding carboxylic acids is 7. The summed E-state index contributed by atoms with van der Waals surface area (Å²) >= 11 is 0. The largest absolute Gasteiger partial charge is 0.669 e. The smallest absolute Gasteiger partial charge is 0.233 e. The van der Waals surface area contributed by atoms with Crippen LogP contribution in [0.2, 0.25) is 0 Å². The Morgan fingerprint density at radius 2 is 1.21 bits per heavy atom. The van der Waals surface area contributed by atoms with Crippen LogP contribution in [0.25, 0.3) is 10.6 Å². The third-order valence-corrected chi connectivity index (χ3v) is 11.1. The molecule has 0 aromatic rings. The van der Waals surface area contributed by atoms with Crippen molar-refractivity contribution in [2.45, 2.75) is 204 Å². The molecule has 0 aliphatic heterocycles. The molecular weight excluding hydrogens is 855 g/mol. The van der Waals surface area contributed by atoms with Gasteiger partial charge in [-0.05, 0) is 51.4 Å². The number of nitrogens with two attached hydrogens (primary N) is 3. The summed E-state index contributed by atoms with van der Waals surface area (Å²) in [6, 6.07) is -2.27. The van der Waals surface area contributed by atoms with Crippen molar-refractivity contribution in [3.05, 3.63) is 17.2 Å². The van der Waals surface area contributed by atoms with Crippen LogP contribution in [0, 0.1) is 18.4 Å². The molecule has 2 unspecified atom stereocenters. The quantitative estimate of drug-likeness (QED) is 0.0329. The SMILES string of the molecule is C[C@@H]([NH-])C(=O)C[C@@H](CO)C(N)=O.[C-]#[N+][C@@H]1CCCC1C(=O)C(N)CCC(=O)NCCCCCCCCCC(=O)CCCCCCCCCCC(=O)NCCCC[C@H](N)[C-]=O.[Y]. The van der Waals surface area contributed by atoms with E-state index in [0.717, 1.165) is 109 Å². The van der Waals surface area contributed by atoms with E-state index in [0.29, 0.717) is 51.0 Å². The van der Waals surface area contributed by atoms with Gasteiger partial charge >= 0.3 is 0 Å². The number of Topliss-reactive ketones (excluding diaryl/α,β-unsaturated/α-hetero) is 3. The second-order valence-corrected chi connectivity index (χ2v) is 16.5. The summed E-state index contributed by atoms with van der Waals surface area (Å²) in [5.41, 5.74) is 23.4. The Hall–Kier alpha value is -2.48. The summed E-state index contributed by atoms with van der Waals surface area (Å²) < 4.78 is 0. The van der Waals surface area contributed by atoms with E-state index in [4.69, 9.17) is 34.6 Å². The van der Waals surface area contributed by atoms with Gasteiger partial charge in [0, 0.05) is 84.3 Å². The van der Waals surface area contributed by atoms with Gasteiger partial charge in [0.05, 0.1) is 24.5 Å². The molecule has 0 spiro atoms. The van der Waals surface area contributed by atoms with Gasteiger partial charge in [-0.15, -0.1) is 0 Å². The normalized spacial score (nSPS) is 16.3. The Balaban J connectivity index is 0. The van der Waals surface area contributed by atoms with Crippen LogP contribution in [0.1, 0.15) is 180 Å². The molecule has 0 heterocycles. The average molecular weight is 935 g/mol. The van der Waals surface area contributed by atoms with E-state index < -0.39 is 36.6 Å². The molecular formula is C45H79N7O8Y-2. The minimum atomic E-state index is -0.863. The molecule has 0 saturated heterocycles. The maximum Gasteiger partial charge on any atom is 0.233 e. The molecule has 15 nitrogen and oxygen atoms in total. The van der Waals surface area contributed by atoms with Crippen molar-refractivity contribution in [2.24, 2.45) is 29.0 Å². The van der Waals surface area contributed by atoms with E-state index in [1.165, 1.54) is 26.2 Å². The van der Waals surface area contributed by atoms with Gasteiger partial charge in [0.1, 0.15) is 11.6 Å². The number of carbonyl (C=O) groups is 6. The first-order chi connectivity index (χ1) is 28.8. The van der Waals surface area contributed by atoms with Gasteiger partial charge in [-0.2, -0.15) is 0 Å². The molecule has 1 aliphatic rings. The number of nitrogens with zero attached hydrogens (tertiary/aromatic N) is 1. The summed E-state index contributed by atoms with van der Waals surface area (Å²) in [4.78, 5) is 84.1. The van der Waals surface area contributed by atoms with Crippen LogP contribution in [-0.4, -0.2) is 90.3 Å². The van der Waals surface area contributed by atoms with Gasteiger partial charge in [-0.1, -0.05) is 102 Å². The van der Waals surface area contributed by atoms with Crippen LogP contribution >= 0.6 is 0 Å². The molecule has 1 radical (unpaired) electrons. The number of hydrogen-bond donors (Lipinski definition) is 6. The van der Waals surface area contributed by atoms with E-state index in [-0.39, 0.29) is 80.9 Å². The molecule has 1 rings (SSSR count). The van der Waals surface area contributed by atoms with Crippen LogP contribution in [0.3, 0.4) is 0 Å². The Kier molecular flexibility index (Phi) is 40.1. The summed E-state index contributed by atoms with van der Waals surface area (Å²) in [6.45, 7) is 9.50. The first-order valence-electron chi connectivity index (χ1n) is 22.7. The molecule has 6 atom stereocenters. The molecule has 0 aromatic carbocycles. The molecule has 16 heteroatoms. The van der Waals surface area contributed by atoms with E-state index in [9.17, 15) is 33.6 Å². The first kappa shape index (κ1) is 60.6. The fraction of sp³-hybridized carbons (Fsp3) is 0.822. The molecule has 3 amide bonds. The average Bonchev–Trinajstić information content (AvgIpc) is 3.71. The van der Waals surface area contributed by atoms with Crippen molar-refractivity contribution >= 4 is 41.4 Å². The summed E-state index contributed by atoms with van der Waals surface area (Å²) in [5, 5.41) is 14.5. The van der Waals surface area contributed by atoms with Crippen molar-refractivity contribution < 1.29 is 71.4 Å². The van der Waals surface area contributed by atoms with Crippen LogP contribution in [-0.2, 0) is 66.3 Å². The number of primary amides is 1. The number of nitrogens with one attached hydrogen (secondary N) is 3. The minimum Gasteiger partial charge on any atom is -0.669 e. The second-order valence-electron chi connectivity index (χ2n) is 16.5. The van der Waals surface area contributed by atoms with E-state index in [1.54, 1.807) is 6.29 Å². The van der Waals surface area contributed by atoms with E-state index in [2.05, 4.69) is 15.5 Å². The van der Waals surface area contributed by atoms with Crippen molar-refractivity contribution in [3.63, 3.8) is 0 Å². The topological polar surface area (TPSA) is 270 Å². The van der Waals surface area contributed by atoms with Crippen LogP contribution in [0.4, 0.5) is 0 Å². The van der Waals surface area contributed by atoms with Crippen LogP contribution < -0.4 is 27.8 Å². The molecule has 1 fully saturated rings. The third-order valence-electron chi connectivity index (χ3n) is 11.1. The van der Waals surface area contributed by atoms with Gasteiger partial charge in [0.15, 0.2) is 5.78 Å². The van der Waals surface area contributed by atoms with E-state index >= 15 is 0 Å². The van der Waals surface area contributed by atoms with Gasteiger partial charge in [0.2, 0.25) is 23.8 Å². The first-order valence-corrected chi connectivity index (χ1v) is 22.7. The zero-order valence-electron chi connectivity index (χ0n) is 37.2. The Labute approximate surface area is 391 Å². The second kappa shape index (κ2) is 40.3. The van der Waals surface area contributed by atoms with Crippen molar-refractivity contribution in [1.29, 1.82) is 0 Å². The van der Waals surface area contributed by atoms with Crippen molar-refractivity contribution in [3.8, 4) is 0 Å². The maximum absolute atomic E-state index is 12.5. The predicted molar refractivity (Wildman–Crippen MR) is 235 cm³/mol. The number of rotatable bonds is 37. The molecule has 0 bridgehead atoms. The van der Waals surface area contributed by atoms with Gasteiger partial charge in [0.25, 0.3) is 0 Å². The predicted octanol–water partition coefficient (Wildman–Crippen LogP) is 5.66. The third kappa shape index (κ3) is 33.7. The number of amides is 3. The fourth-order valence-corrected chi connectivity index (χ4v) is 7.11.